The topological polar surface area (TPSA) is 96.6 Å². The van der Waals surface area contributed by atoms with Gasteiger partial charge in [-0.15, -0.1) is 0 Å². The molecule has 2 aromatic heterocycles. The van der Waals surface area contributed by atoms with Gasteiger partial charge in [0.2, 0.25) is 5.91 Å². The third kappa shape index (κ3) is 4.55. The molecule has 0 spiro atoms. The average molecular weight is 300 g/mol. The molecule has 114 valence electrons. The van der Waals surface area contributed by atoms with E-state index in [0.717, 1.165) is 5.69 Å². The molecule has 0 aliphatic carbocycles. The Bertz CT molecular complexity index is 693. The number of furan rings is 1. The molecule has 2 N–H and O–H groups in total. The Labute approximate surface area is 127 Å². The molecule has 2 heterocycles. The molecule has 2 rings (SSSR count). The van der Waals surface area contributed by atoms with Gasteiger partial charge >= 0.3 is 5.91 Å². The number of hydrogen-bond donors (Lipinski definition) is 2. The van der Waals surface area contributed by atoms with Crippen molar-refractivity contribution in [2.24, 2.45) is 5.10 Å². The third-order valence-corrected chi connectivity index (χ3v) is 2.67. The average Bonchev–Trinajstić information content (AvgIpc) is 2.98. The molecule has 0 aliphatic rings. The number of hydrogen-bond acceptors (Lipinski definition) is 5. The zero-order chi connectivity index (χ0) is 15.9. The number of hydrazone groups is 1. The van der Waals surface area contributed by atoms with Crippen LogP contribution in [0.15, 0.2) is 46.1 Å². The fourth-order valence-electron chi connectivity index (χ4n) is 1.68. The van der Waals surface area contributed by atoms with Crippen LogP contribution in [0, 0.1) is 6.92 Å². The van der Waals surface area contributed by atoms with Crippen LogP contribution in [-0.4, -0.2) is 22.5 Å². The van der Waals surface area contributed by atoms with E-state index >= 15 is 0 Å². The fourth-order valence-corrected chi connectivity index (χ4v) is 1.68. The van der Waals surface area contributed by atoms with Crippen LogP contribution in [0.1, 0.15) is 29.6 Å². The summed E-state index contributed by atoms with van der Waals surface area (Å²) in [6, 6.07) is 8.48. The Hall–Kier alpha value is -2.96. The summed E-state index contributed by atoms with van der Waals surface area (Å²) < 4.78 is 4.93. The highest BCUT2D eigenvalue weighted by Gasteiger charge is 2.09. The number of carbonyl (C=O) groups is 2. The molecular weight excluding hydrogens is 284 g/mol. The molecule has 7 heteroatoms. The van der Waals surface area contributed by atoms with Crippen molar-refractivity contribution in [3.8, 4) is 0 Å². The van der Waals surface area contributed by atoms with E-state index in [1.54, 1.807) is 19.1 Å². The Morgan fingerprint density at radius 3 is 2.77 bits per heavy atom. The minimum atomic E-state index is -0.467. The van der Waals surface area contributed by atoms with E-state index in [9.17, 15) is 9.59 Å². The predicted molar refractivity (Wildman–Crippen MR) is 81.5 cm³/mol. The lowest BCUT2D eigenvalue weighted by molar-refractivity contribution is -0.115. The second-order valence-electron chi connectivity index (χ2n) is 4.65. The molecule has 0 saturated carbocycles. The maximum atomic E-state index is 11.8. The van der Waals surface area contributed by atoms with Crippen LogP contribution in [-0.2, 0) is 4.79 Å². The monoisotopic (exact) mass is 300 g/mol. The molecule has 0 unspecified atom stereocenters. The highest BCUT2D eigenvalue weighted by molar-refractivity contribution is 6.05. The number of pyridine rings is 1. The molecule has 0 fully saturated rings. The number of amides is 2. The lowest BCUT2D eigenvalue weighted by atomic mass is 10.3. The highest BCUT2D eigenvalue weighted by atomic mass is 16.3. The van der Waals surface area contributed by atoms with Crippen molar-refractivity contribution >= 4 is 23.3 Å². The molecule has 0 bridgehead atoms. The normalized spacial score (nSPS) is 11.1. The maximum Gasteiger partial charge on any atom is 0.307 e. The summed E-state index contributed by atoms with van der Waals surface area (Å²) in [7, 11) is 0. The molecule has 0 aromatic carbocycles. The first-order valence-corrected chi connectivity index (χ1v) is 6.65. The van der Waals surface area contributed by atoms with Crippen molar-refractivity contribution < 1.29 is 14.0 Å². The van der Waals surface area contributed by atoms with E-state index in [1.807, 2.05) is 19.1 Å². The van der Waals surface area contributed by atoms with Gasteiger partial charge in [0, 0.05) is 11.4 Å². The fraction of sp³-hybridized carbons (Fsp3) is 0.200. The number of nitrogens with one attached hydrogen (secondary N) is 2. The van der Waals surface area contributed by atoms with E-state index in [-0.39, 0.29) is 18.1 Å². The van der Waals surface area contributed by atoms with E-state index in [1.165, 1.54) is 12.3 Å². The highest BCUT2D eigenvalue weighted by Crippen LogP contribution is 2.04. The SMILES string of the molecule is CC(CC(=O)Nc1cccc(C)n1)=NNC(=O)c1ccco1. The molecule has 7 nitrogen and oxygen atoms in total. The quantitative estimate of drug-likeness (QED) is 0.653. The number of carbonyl (C=O) groups excluding carboxylic acids is 2. The molecule has 0 radical (unpaired) electrons. The molecule has 22 heavy (non-hydrogen) atoms. The predicted octanol–water partition coefficient (Wildman–Crippen LogP) is 2.12. The largest absolute Gasteiger partial charge is 0.459 e. The first kappa shape index (κ1) is 15.4. The van der Waals surface area contributed by atoms with E-state index in [2.05, 4.69) is 20.8 Å². The van der Waals surface area contributed by atoms with Crippen LogP contribution in [0.25, 0.3) is 0 Å². The number of aromatic nitrogens is 1. The molecule has 0 saturated heterocycles. The van der Waals surface area contributed by atoms with Crippen LogP contribution in [0.4, 0.5) is 5.82 Å². The zero-order valence-electron chi connectivity index (χ0n) is 12.3. The molecule has 0 aliphatic heterocycles. The van der Waals surface area contributed by atoms with Crippen molar-refractivity contribution in [2.45, 2.75) is 20.3 Å². The maximum absolute atomic E-state index is 11.8. The molecule has 2 aromatic rings. The lowest BCUT2D eigenvalue weighted by Gasteiger charge is -2.05. The van der Waals surface area contributed by atoms with Crippen molar-refractivity contribution in [2.75, 3.05) is 5.32 Å². The zero-order valence-corrected chi connectivity index (χ0v) is 12.3. The smallest absolute Gasteiger partial charge is 0.307 e. The van der Waals surface area contributed by atoms with Crippen LogP contribution >= 0.6 is 0 Å². The van der Waals surface area contributed by atoms with Crippen LogP contribution in [0.5, 0.6) is 0 Å². The second kappa shape index (κ2) is 7.16. The molecular formula is C15H16N4O3. The van der Waals surface area contributed by atoms with Crippen molar-refractivity contribution in [3.63, 3.8) is 0 Å². The van der Waals surface area contributed by atoms with Crippen LogP contribution in [0.2, 0.25) is 0 Å². The Balaban J connectivity index is 1.85. The van der Waals surface area contributed by atoms with Gasteiger partial charge in [0.05, 0.1) is 12.7 Å². The van der Waals surface area contributed by atoms with Gasteiger partial charge in [-0.05, 0) is 38.1 Å². The Morgan fingerprint density at radius 2 is 2.09 bits per heavy atom. The van der Waals surface area contributed by atoms with Crippen molar-refractivity contribution in [1.29, 1.82) is 0 Å². The third-order valence-electron chi connectivity index (χ3n) is 2.67. The summed E-state index contributed by atoms with van der Waals surface area (Å²) in [5.74, 6) is -0.0842. The molecule has 0 atom stereocenters. The lowest BCUT2D eigenvalue weighted by Crippen LogP contribution is -2.21. The number of nitrogens with zero attached hydrogens (tertiary/aromatic N) is 2. The van der Waals surface area contributed by atoms with E-state index < -0.39 is 5.91 Å². The molecule has 2 amide bonds. The van der Waals surface area contributed by atoms with E-state index in [0.29, 0.717) is 11.5 Å². The number of rotatable bonds is 5. The Morgan fingerprint density at radius 1 is 1.27 bits per heavy atom. The second-order valence-corrected chi connectivity index (χ2v) is 4.65. The summed E-state index contributed by atoms with van der Waals surface area (Å²) >= 11 is 0. The van der Waals surface area contributed by atoms with Gasteiger partial charge in [-0.1, -0.05) is 6.07 Å². The minimum Gasteiger partial charge on any atom is -0.459 e. The van der Waals surface area contributed by atoms with Gasteiger partial charge < -0.3 is 9.73 Å². The van der Waals surface area contributed by atoms with E-state index in [4.69, 9.17) is 4.42 Å². The first-order valence-electron chi connectivity index (χ1n) is 6.65. The number of anilines is 1. The summed E-state index contributed by atoms with van der Waals surface area (Å²) in [5, 5.41) is 6.52. The number of aryl methyl sites for hydroxylation is 1. The van der Waals surface area contributed by atoms with Crippen LogP contribution in [0.3, 0.4) is 0 Å². The van der Waals surface area contributed by atoms with Crippen LogP contribution < -0.4 is 10.7 Å². The van der Waals surface area contributed by atoms with Crippen molar-refractivity contribution in [1.82, 2.24) is 10.4 Å². The minimum absolute atomic E-state index is 0.0497. The van der Waals surface area contributed by atoms with Gasteiger partial charge in [0.15, 0.2) is 5.76 Å². The van der Waals surface area contributed by atoms with Gasteiger partial charge in [-0.25, -0.2) is 10.4 Å². The summed E-state index contributed by atoms with van der Waals surface area (Å²) in [6.45, 7) is 3.48. The first-order chi connectivity index (χ1) is 10.5. The van der Waals surface area contributed by atoms with Gasteiger partial charge in [0.25, 0.3) is 0 Å². The Kier molecular flexibility index (Phi) is 5.02. The van der Waals surface area contributed by atoms with Gasteiger partial charge in [-0.2, -0.15) is 5.10 Å². The standard InChI is InChI=1S/C15H16N4O3/c1-10-5-3-7-13(16-10)17-14(20)9-11(2)18-19-15(21)12-6-4-8-22-12/h3-8H,9H2,1-2H3,(H,19,21)(H,16,17,20). The van der Waals surface area contributed by atoms with Gasteiger partial charge in [0.1, 0.15) is 5.82 Å². The summed E-state index contributed by atoms with van der Waals surface area (Å²) in [6.07, 6.45) is 1.45. The summed E-state index contributed by atoms with van der Waals surface area (Å²) in [5.41, 5.74) is 3.60. The van der Waals surface area contributed by atoms with Crippen molar-refractivity contribution in [3.05, 3.63) is 48.0 Å². The van der Waals surface area contributed by atoms with Gasteiger partial charge in [-0.3, -0.25) is 9.59 Å². The summed E-state index contributed by atoms with van der Waals surface area (Å²) in [4.78, 5) is 27.6.